The molecule has 1 aliphatic heterocycles. The fourth-order valence-corrected chi connectivity index (χ4v) is 2.63. The second-order valence-corrected chi connectivity index (χ2v) is 5.57. The number of phenolic OH excluding ortho intramolecular Hbond substituents is 1. The Morgan fingerprint density at radius 2 is 1.84 bits per heavy atom. The van der Waals surface area contributed by atoms with Gasteiger partial charge < -0.3 is 10.0 Å². The van der Waals surface area contributed by atoms with Crippen molar-refractivity contribution in [2.45, 2.75) is 32.9 Å². The summed E-state index contributed by atoms with van der Waals surface area (Å²) in [6.07, 6.45) is 0. The van der Waals surface area contributed by atoms with Crippen LogP contribution in [0.4, 0.5) is 0 Å². The quantitative estimate of drug-likeness (QED) is 0.840. The van der Waals surface area contributed by atoms with E-state index in [1.807, 2.05) is 11.8 Å². The van der Waals surface area contributed by atoms with Crippen LogP contribution in [0.25, 0.3) is 0 Å². The SMILES string of the molecule is Cc1cc(O)ccc1C(=O)N1CC(C)N(C)C(C)C1. The van der Waals surface area contributed by atoms with Gasteiger partial charge in [0.05, 0.1) is 0 Å². The van der Waals surface area contributed by atoms with Crippen LogP contribution < -0.4 is 0 Å². The molecular formula is C15H22N2O2. The van der Waals surface area contributed by atoms with Gasteiger partial charge in [-0.2, -0.15) is 0 Å². The van der Waals surface area contributed by atoms with Gasteiger partial charge in [-0.25, -0.2) is 0 Å². The molecule has 0 aromatic heterocycles. The Morgan fingerprint density at radius 3 is 2.37 bits per heavy atom. The highest BCUT2D eigenvalue weighted by Gasteiger charge is 2.30. The van der Waals surface area contributed by atoms with Crippen LogP contribution in [-0.4, -0.2) is 53.0 Å². The molecule has 4 heteroatoms. The summed E-state index contributed by atoms with van der Waals surface area (Å²) in [6, 6.07) is 5.65. The number of hydrogen-bond donors (Lipinski definition) is 1. The summed E-state index contributed by atoms with van der Waals surface area (Å²) in [6.45, 7) is 7.63. The zero-order chi connectivity index (χ0) is 14.2. The van der Waals surface area contributed by atoms with Crippen molar-refractivity contribution in [2.24, 2.45) is 0 Å². The van der Waals surface area contributed by atoms with Gasteiger partial charge in [0.25, 0.3) is 5.91 Å². The lowest BCUT2D eigenvalue weighted by Gasteiger charge is -2.42. The lowest BCUT2D eigenvalue weighted by atomic mass is 10.0. The predicted molar refractivity (Wildman–Crippen MR) is 75.4 cm³/mol. The number of rotatable bonds is 1. The minimum absolute atomic E-state index is 0.0595. The summed E-state index contributed by atoms with van der Waals surface area (Å²) in [7, 11) is 2.10. The molecular weight excluding hydrogens is 240 g/mol. The first-order valence-corrected chi connectivity index (χ1v) is 6.71. The van der Waals surface area contributed by atoms with E-state index in [1.54, 1.807) is 18.2 Å². The first kappa shape index (κ1) is 13.9. The number of aryl methyl sites for hydroxylation is 1. The number of likely N-dealkylation sites (N-methyl/N-ethyl adjacent to an activating group) is 1. The summed E-state index contributed by atoms with van der Waals surface area (Å²) in [5.41, 5.74) is 1.51. The molecule has 2 rings (SSSR count). The Kier molecular flexibility index (Phi) is 3.80. The molecule has 2 atom stereocenters. The molecule has 0 saturated carbocycles. The van der Waals surface area contributed by atoms with Crippen LogP contribution in [0.3, 0.4) is 0 Å². The maximum atomic E-state index is 12.6. The van der Waals surface area contributed by atoms with Crippen molar-refractivity contribution in [2.75, 3.05) is 20.1 Å². The van der Waals surface area contributed by atoms with E-state index < -0.39 is 0 Å². The van der Waals surface area contributed by atoms with Crippen LogP contribution in [0.1, 0.15) is 29.8 Å². The largest absolute Gasteiger partial charge is 0.508 e. The van der Waals surface area contributed by atoms with Crippen LogP contribution in [0.2, 0.25) is 0 Å². The average molecular weight is 262 g/mol. The number of phenols is 1. The van der Waals surface area contributed by atoms with Crippen molar-refractivity contribution in [3.8, 4) is 5.75 Å². The molecule has 104 valence electrons. The van der Waals surface area contributed by atoms with Crippen LogP contribution >= 0.6 is 0 Å². The standard InChI is InChI=1S/C15H22N2O2/c1-10-7-13(18)5-6-14(10)15(19)17-8-11(2)16(4)12(3)9-17/h5-7,11-12,18H,8-9H2,1-4H3. The maximum Gasteiger partial charge on any atom is 0.254 e. The van der Waals surface area contributed by atoms with Crippen molar-refractivity contribution in [3.05, 3.63) is 29.3 Å². The van der Waals surface area contributed by atoms with Gasteiger partial charge in [-0.3, -0.25) is 9.69 Å². The monoisotopic (exact) mass is 262 g/mol. The van der Waals surface area contributed by atoms with E-state index in [1.165, 1.54) is 0 Å². The third-order valence-corrected chi connectivity index (χ3v) is 4.09. The second kappa shape index (κ2) is 5.21. The molecule has 1 aromatic rings. The van der Waals surface area contributed by atoms with Gasteiger partial charge in [0.15, 0.2) is 0 Å². The molecule has 1 amide bonds. The number of benzene rings is 1. The van der Waals surface area contributed by atoms with E-state index in [9.17, 15) is 9.90 Å². The molecule has 4 nitrogen and oxygen atoms in total. The summed E-state index contributed by atoms with van der Waals surface area (Å²) < 4.78 is 0. The van der Waals surface area contributed by atoms with Gasteiger partial charge in [0.1, 0.15) is 5.75 Å². The Labute approximate surface area is 114 Å². The van der Waals surface area contributed by atoms with Crippen molar-refractivity contribution in [1.82, 2.24) is 9.80 Å². The van der Waals surface area contributed by atoms with Gasteiger partial charge in [0, 0.05) is 30.7 Å². The Hall–Kier alpha value is -1.55. The zero-order valence-corrected chi connectivity index (χ0v) is 12.1. The molecule has 1 heterocycles. The molecule has 19 heavy (non-hydrogen) atoms. The fraction of sp³-hybridized carbons (Fsp3) is 0.533. The van der Waals surface area contributed by atoms with Crippen molar-refractivity contribution >= 4 is 5.91 Å². The molecule has 0 aliphatic carbocycles. The van der Waals surface area contributed by atoms with Gasteiger partial charge in [0.2, 0.25) is 0 Å². The van der Waals surface area contributed by atoms with E-state index >= 15 is 0 Å². The van der Waals surface area contributed by atoms with E-state index in [2.05, 4.69) is 25.8 Å². The molecule has 2 unspecified atom stereocenters. The Bertz CT molecular complexity index is 475. The Balaban J connectivity index is 2.20. The summed E-state index contributed by atoms with van der Waals surface area (Å²) >= 11 is 0. The lowest BCUT2D eigenvalue weighted by Crippen LogP contribution is -2.56. The highest BCUT2D eigenvalue weighted by Crippen LogP contribution is 2.20. The zero-order valence-electron chi connectivity index (χ0n) is 12.1. The molecule has 1 fully saturated rings. The van der Waals surface area contributed by atoms with Crippen molar-refractivity contribution in [3.63, 3.8) is 0 Å². The number of nitrogens with zero attached hydrogens (tertiary/aromatic N) is 2. The van der Waals surface area contributed by atoms with E-state index in [0.29, 0.717) is 17.6 Å². The fourth-order valence-electron chi connectivity index (χ4n) is 2.63. The number of piperazine rings is 1. The molecule has 1 saturated heterocycles. The first-order chi connectivity index (χ1) is 8.90. The van der Waals surface area contributed by atoms with E-state index in [4.69, 9.17) is 0 Å². The average Bonchev–Trinajstić information content (AvgIpc) is 2.34. The molecule has 1 aliphatic rings. The van der Waals surface area contributed by atoms with Crippen molar-refractivity contribution < 1.29 is 9.90 Å². The van der Waals surface area contributed by atoms with Gasteiger partial charge in [-0.05, 0) is 51.6 Å². The summed E-state index contributed by atoms with van der Waals surface area (Å²) in [5.74, 6) is 0.262. The summed E-state index contributed by atoms with van der Waals surface area (Å²) in [5, 5.41) is 9.42. The normalized spacial score (nSPS) is 24.5. The van der Waals surface area contributed by atoms with E-state index in [0.717, 1.165) is 18.7 Å². The minimum Gasteiger partial charge on any atom is -0.508 e. The minimum atomic E-state index is 0.0595. The van der Waals surface area contributed by atoms with Crippen molar-refractivity contribution in [1.29, 1.82) is 0 Å². The number of carbonyl (C=O) groups is 1. The van der Waals surface area contributed by atoms with Crippen LogP contribution in [0.15, 0.2) is 18.2 Å². The molecule has 0 bridgehead atoms. The van der Waals surface area contributed by atoms with E-state index in [-0.39, 0.29) is 11.7 Å². The van der Waals surface area contributed by atoms with Crippen LogP contribution in [0.5, 0.6) is 5.75 Å². The maximum absolute atomic E-state index is 12.6. The van der Waals surface area contributed by atoms with Gasteiger partial charge in [-0.1, -0.05) is 0 Å². The highest BCUT2D eigenvalue weighted by molar-refractivity contribution is 5.96. The molecule has 0 spiro atoms. The number of amides is 1. The number of hydrogen-bond acceptors (Lipinski definition) is 3. The predicted octanol–water partition coefficient (Wildman–Crippen LogP) is 1.87. The third kappa shape index (κ3) is 2.73. The number of aromatic hydroxyl groups is 1. The van der Waals surface area contributed by atoms with Gasteiger partial charge >= 0.3 is 0 Å². The summed E-state index contributed by atoms with van der Waals surface area (Å²) in [4.78, 5) is 16.8. The highest BCUT2D eigenvalue weighted by atomic mass is 16.3. The topological polar surface area (TPSA) is 43.8 Å². The molecule has 0 radical (unpaired) electrons. The Morgan fingerprint density at radius 1 is 1.26 bits per heavy atom. The molecule has 1 aromatic carbocycles. The third-order valence-electron chi connectivity index (χ3n) is 4.09. The van der Waals surface area contributed by atoms with Crippen LogP contribution in [0, 0.1) is 6.92 Å². The van der Waals surface area contributed by atoms with Gasteiger partial charge in [-0.15, -0.1) is 0 Å². The smallest absolute Gasteiger partial charge is 0.254 e. The number of carbonyl (C=O) groups excluding carboxylic acids is 1. The van der Waals surface area contributed by atoms with Crippen LogP contribution in [-0.2, 0) is 0 Å². The second-order valence-electron chi connectivity index (χ2n) is 5.57. The lowest BCUT2D eigenvalue weighted by molar-refractivity contribution is 0.0413. The molecule has 1 N–H and O–H groups in total. The first-order valence-electron chi connectivity index (χ1n) is 6.71.